The summed E-state index contributed by atoms with van der Waals surface area (Å²) in [5, 5.41) is 1.16. The molecule has 1 aromatic heterocycles. The monoisotopic (exact) mass is 929 g/mol. The van der Waals surface area contributed by atoms with Crippen molar-refractivity contribution in [2.45, 2.75) is 13.8 Å². The van der Waals surface area contributed by atoms with E-state index in [2.05, 4.69) is 38.1 Å². The molecule has 7 rings (SSSR count). The van der Waals surface area contributed by atoms with Crippen LogP contribution in [0.3, 0.4) is 0 Å². The number of para-hydroxylation sites is 1. The largest absolute Gasteiger partial charge is 0.265 e. The number of aromatic nitrogens is 1. The molecule has 23 heteroatoms. The van der Waals surface area contributed by atoms with Crippen LogP contribution >= 0.6 is 0 Å². The van der Waals surface area contributed by atoms with Gasteiger partial charge in [0.2, 0.25) is 11.9 Å². The molecule has 2 nitrogen and oxygen atoms in total. The highest BCUT2D eigenvalue weighted by atomic mass is 19.2. The second-order valence-corrected chi connectivity index (χ2v) is 13.5. The Morgan fingerprint density at radius 2 is 0.641 bits per heavy atom. The number of fused-ring (bicyclic) bond motifs is 1. The summed E-state index contributed by atoms with van der Waals surface area (Å²) in [4.78, 5) is 6.02. The first-order chi connectivity index (χ1) is 30.0. The van der Waals surface area contributed by atoms with Crippen LogP contribution in [0.25, 0.3) is 10.9 Å². The van der Waals surface area contributed by atoms with Crippen molar-refractivity contribution in [2.75, 3.05) is 0 Å². The maximum atomic E-state index is 15.4. The lowest BCUT2D eigenvalue weighted by atomic mass is 9.12. The Bertz CT molecular complexity index is 2680. The van der Waals surface area contributed by atoms with Gasteiger partial charge in [0.25, 0.3) is 5.52 Å². The normalized spacial score (nSPS) is 11.6. The maximum Gasteiger partial charge on any atom is 0.265 e. The quantitative estimate of drug-likeness (QED) is 0.0533. The van der Waals surface area contributed by atoms with Crippen LogP contribution < -0.4 is 31.4 Å². The van der Waals surface area contributed by atoms with Gasteiger partial charge < -0.3 is 0 Å². The van der Waals surface area contributed by atoms with Gasteiger partial charge in [-0.05, 0) is 37.6 Å². The Hall–Kier alpha value is -6.81. The van der Waals surface area contributed by atoms with Gasteiger partial charge in [-0.15, -0.1) is 21.9 Å². The Balaban J connectivity index is 0.000000295. The van der Waals surface area contributed by atoms with E-state index in [1.54, 1.807) is 0 Å². The van der Waals surface area contributed by atoms with E-state index >= 15 is 35.1 Å². The molecule has 0 bridgehead atoms. The minimum Gasteiger partial charge on any atom is -0.231 e. The van der Waals surface area contributed by atoms with E-state index in [0.29, 0.717) is 0 Å². The number of nitrogens with zero attached hydrogens (tertiary/aromatic N) is 1. The summed E-state index contributed by atoms with van der Waals surface area (Å²) >= 11 is 0. The highest BCUT2D eigenvalue weighted by Crippen LogP contribution is 2.31. The van der Waals surface area contributed by atoms with Gasteiger partial charge >= 0.3 is 0 Å². The van der Waals surface area contributed by atoms with Crippen LogP contribution in [0.2, 0.25) is 0 Å². The first-order valence-electron chi connectivity index (χ1n) is 17.3. The molecule has 1 heterocycles. The second kappa shape index (κ2) is 17.1. The molecule has 0 aliphatic heterocycles. The van der Waals surface area contributed by atoms with Gasteiger partial charge in [-0.3, -0.25) is 0 Å². The molecule has 0 radical (unpaired) electrons. The number of hydrogen-bond acceptors (Lipinski definition) is 1. The fraction of sp³-hybridized carbons (Fsp3) is 0.0488. The molecule has 0 N–H and O–H groups in total. The van der Waals surface area contributed by atoms with Gasteiger partial charge in [0.1, 0.15) is 52.7 Å². The molecule has 0 fully saturated rings. The van der Waals surface area contributed by atoms with Crippen molar-refractivity contribution >= 4 is 38.9 Å². The van der Waals surface area contributed by atoms with Gasteiger partial charge in [0.15, 0.2) is 69.8 Å². The Labute approximate surface area is 344 Å². The summed E-state index contributed by atoms with van der Waals surface area (Å²) < 4.78 is 296. The minimum atomic E-state index is -7.22. The van der Waals surface area contributed by atoms with Crippen molar-refractivity contribution in [3.63, 3.8) is 0 Å². The van der Waals surface area contributed by atoms with Gasteiger partial charge in [0, 0.05) is 22.4 Å². The first kappa shape index (κ1) is 46.7. The molecule has 0 spiro atoms. The molecule has 0 atom stereocenters. The van der Waals surface area contributed by atoms with Crippen molar-refractivity contribution in [3.05, 3.63) is 188 Å². The third kappa shape index (κ3) is 7.00. The van der Waals surface area contributed by atoms with Crippen LogP contribution in [0, 0.1) is 130 Å². The predicted octanol–water partition coefficient (Wildman–Crippen LogP) is 9.43. The van der Waals surface area contributed by atoms with E-state index in [-0.39, 0.29) is 0 Å². The number of pyridine rings is 1. The Kier molecular flexibility index (Phi) is 12.4. The van der Waals surface area contributed by atoms with Crippen molar-refractivity contribution in [2.24, 2.45) is 0 Å². The summed E-state index contributed by atoms with van der Waals surface area (Å²) in [6.07, 6.45) is -5.28. The van der Waals surface area contributed by atoms with Crippen molar-refractivity contribution < 1.29 is 97.4 Å². The zero-order chi connectivity index (χ0) is 47.6. The Morgan fingerprint density at radius 3 is 0.984 bits per heavy atom. The highest BCUT2D eigenvalue weighted by molar-refractivity contribution is 7.20. The number of halogens is 20. The van der Waals surface area contributed by atoms with Crippen LogP contribution in [0.1, 0.15) is 11.1 Å². The lowest BCUT2D eigenvalue weighted by Crippen LogP contribution is -2.81. The van der Waals surface area contributed by atoms with E-state index in [4.69, 9.17) is 4.84 Å². The topological polar surface area (TPSA) is 13.1 Å². The van der Waals surface area contributed by atoms with Gasteiger partial charge in [-0.25, -0.2) is 92.6 Å². The first-order valence-corrected chi connectivity index (χ1v) is 17.3. The van der Waals surface area contributed by atoms with Crippen LogP contribution in [0.5, 0.6) is 5.75 Å². The maximum absolute atomic E-state index is 15.4. The summed E-state index contributed by atoms with van der Waals surface area (Å²) in [5.41, 5.74) is -10.9. The predicted molar refractivity (Wildman–Crippen MR) is 185 cm³/mol. The molecule has 0 saturated heterocycles. The molecule has 0 aliphatic carbocycles. The molecule has 6 aromatic carbocycles. The molecule has 7 aromatic rings. The average molecular weight is 929 g/mol. The van der Waals surface area contributed by atoms with E-state index in [1.807, 2.05) is 41.3 Å². The zero-order valence-electron chi connectivity index (χ0n) is 31.3. The van der Waals surface area contributed by atoms with Crippen molar-refractivity contribution in [3.8, 4) is 5.75 Å². The van der Waals surface area contributed by atoms with E-state index in [1.165, 1.54) is 11.1 Å². The number of benzene rings is 6. The molecule has 0 unspecified atom stereocenters. The lowest BCUT2D eigenvalue weighted by molar-refractivity contribution is -0.854. The standard InChI is InChI=1S/C24BF20.C17H16NO/c26-5-1(6(27)14(35)21(42)13(5)34)25(2-7(28)15(36)22(43)16(37)8(2)29,3-9(30)17(38)23(44)18(39)10(3)31)4-11(32)19(40)24(45)20(41)12(4)33;1-13-7-5-11-17(14(13)2)19-18-12-6-9-15-8-3-4-10-16(15)18/h;3-12H,1-2H3/q-1;+1. The molecule has 334 valence electrons. The minimum absolute atomic E-state index is 0.890. The molecular weight excluding hydrogens is 913 g/mol. The summed E-state index contributed by atoms with van der Waals surface area (Å²) in [7, 11) is 0. The molecule has 0 amide bonds. The molecular formula is C41H16BF20NO. The number of rotatable bonds is 6. The van der Waals surface area contributed by atoms with Crippen LogP contribution in [-0.2, 0) is 0 Å². The fourth-order valence-corrected chi connectivity index (χ4v) is 7.02. The van der Waals surface area contributed by atoms with E-state index in [9.17, 15) is 52.7 Å². The molecule has 0 aliphatic rings. The average Bonchev–Trinajstić information content (AvgIpc) is 3.28. The zero-order valence-corrected chi connectivity index (χ0v) is 31.3. The van der Waals surface area contributed by atoms with Gasteiger partial charge in [0.05, 0.1) is 5.39 Å². The number of aryl methyl sites for hydroxylation is 1. The lowest BCUT2D eigenvalue weighted by Gasteiger charge is -2.44. The smallest absolute Gasteiger partial charge is 0.231 e. The Morgan fingerprint density at radius 1 is 0.344 bits per heavy atom. The summed E-state index contributed by atoms with van der Waals surface area (Å²) in [6.45, 7) is 4.17. The SMILES string of the molecule is Cc1cccc(O[n+]2cccc3ccccc32)c1C.Fc1c(F)c(F)c([B-](c2c(F)c(F)c(F)c(F)c2F)(c2c(F)c(F)c(F)c(F)c2F)c2c(F)c(F)c(F)c(F)c2F)c(F)c1F. The molecule has 64 heavy (non-hydrogen) atoms. The second-order valence-electron chi connectivity index (χ2n) is 13.5. The van der Waals surface area contributed by atoms with Crippen LogP contribution in [0.15, 0.2) is 60.8 Å². The summed E-state index contributed by atoms with van der Waals surface area (Å²) in [5.74, 6) is -70.5. The van der Waals surface area contributed by atoms with Crippen molar-refractivity contribution in [1.29, 1.82) is 0 Å². The molecule has 0 saturated carbocycles. The third-order valence-corrected chi connectivity index (χ3v) is 10.1. The van der Waals surface area contributed by atoms with Crippen LogP contribution in [0.4, 0.5) is 87.8 Å². The van der Waals surface area contributed by atoms with Gasteiger partial charge in [-0.1, -0.05) is 24.3 Å². The fourth-order valence-electron chi connectivity index (χ4n) is 7.02. The van der Waals surface area contributed by atoms with Gasteiger partial charge in [-0.2, -0.15) is 0 Å². The van der Waals surface area contributed by atoms with E-state index < -0.39 is 144 Å². The third-order valence-electron chi connectivity index (χ3n) is 10.1. The van der Waals surface area contributed by atoms with Crippen LogP contribution in [-0.4, -0.2) is 6.15 Å². The highest BCUT2D eigenvalue weighted by Gasteiger charge is 2.52. The number of hydrogen-bond donors (Lipinski definition) is 0. The van der Waals surface area contributed by atoms with Crippen molar-refractivity contribution in [1.82, 2.24) is 0 Å². The van der Waals surface area contributed by atoms with E-state index in [0.717, 1.165) is 16.7 Å². The summed E-state index contributed by atoms with van der Waals surface area (Å²) in [6, 6.07) is 18.4.